The molecule has 0 amide bonds. The third kappa shape index (κ3) is 5.07. The van der Waals surface area contributed by atoms with Crippen molar-refractivity contribution >= 4 is 38.8 Å². The van der Waals surface area contributed by atoms with Crippen LogP contribution in [0.15, 0.2) is 164 Å². The molecular weight excluding hydrogens is 621 g/mol. The first-order chi connectivity index (χ1) is 25.3. The zero-order chi connectivity index (χ0) is 33.7. The molecule has 4 heteroatoms. The van der Waals surface area contributed by atoms with Crippen LogP contribution in [0.4, 0.5) is 0 Å². The third-order valence-electron chi connectivity index (χ3n) is 10.5. The molecule has 0 saturated carbocycles. The van der Waals surface area contributed by atoms with Gasteiger partial charge in [0.2, 0.25) is 0 Å². The van der Waals surface area contributed by atoms with Crippen molar-refractivity contribution in [1.82, 2.24) is 19.1 Å². The van der Waals surface area contributed by atoms with E-state index in [1.165, 1.54) is 83.0 Å². The standard InChI is InChI=1S/C47H34N4/c1-3-7-44-40(5-1)42-30-48-27-25-46(42)50(44)38-21-17-36(18-22-38)34-13-9-32(10-14-34)29-33-11-15-35(16-12-33)37-19-23-39(24-20-37)51-45-8-4-2-6-41(45)43-31-49-28-26-47(43)51/h1-3,5-7,9-28,30-31H,4,8,29H2. The summed E-state index contributed by atoms with van der Waals surface area (Å²) in [4.78, 5) is 8.79. The Morgan fingerprint density at radius 1 is 0.471 bits per heavy atom. The van der Waals surface area contributed by atoms with E-state index >= 15 is 0 Å². The third-order valence-corrected chi connectivity index (χ3v) is 10.5. The summed E-state index contributed by atoms with van der Waals surface area (Å²) in [6.45, 7) is 0. The number of allylic oxidation sites excluding steroid dienone is 1. The number of pyridine rings is 2. The Kier molecular flexibility index (Phi) is 6.98. The minimum Gasteiger partial charge on any atom is -0.313 e. The maximum absolute atomic E-state index is 4.41. The average Bonchev–Trinajstić information content (AvgIpc) is 3.72. The number of para-hydroxylation sites is 1. The van der Waals surface area contributed by atoms with Crippen LogP contribution in [0.2, 0.25) is 0 Å². The second kappa shape index (κ2) is 12.1. The predicted molar refractivity (Wildman–Crippen MR) is 211 cm³/mol. The van der Waals surface area contributed by atoms with Gasteiger partial charge in [-0.3, -0.25) is 9.97 Å². The molecule has 5 aromatic carbocycles. The molecule has 242 valence electrons. The van der Waals surface area contributed by atoms with Gasteiger partial charge in [-0.25, -0.2) is 0 Å². The maximum atomic E-state index is 4.41. The topological polar surface area (TPSA) is 35.6 Å². The van der Waals surface area contributed by atoms with Gasteiger partial charge in [0, 0.05) is 63.6 Å². The second-order valence-electron chi connectivity index (χ2n) is 13.4. The first-order valence-corrected chi connectivity index (χ1v) is 17.6. The van der Waals surface area contributed by atoms with E-state index in [9.17, 15) is 0 Å². The molecule has 0 fully saturated rings. The van der Waals surface area contributed by atoms with Crippen LogP contribution in [0.1, 0.15) is 28.8 Å². The minimum atomic E-state index is 0.899. The Labute approximate surface area is 296 Å². The van der Waals surface area contributed by atoms with Crippen molar-refractivity contribution < 1.29 is 0 Å². The normalized spacial score (nSPS) is 12.5. The molecule has 0 bridgehead atoms. The fraction of sp³-hybridized carbons (Fsp3) is 0.0638. The molecule has 9 aromatic rings. The lowest BCUT2D eigenvalue weighted by Gasteiger charge is -2.14. The van der Waals surface area contributed by atoms with Crippen molar-refractivity contribution in [1.29, 1.82) is 0 Å². The highest BCUT2D eigenvalue weighted by atomic mass is 15.0. The van der Waals surface area contributed by atoms with Crippen LogP contribution < -0.4 is 0 Å². The van der Waals surface area contributed by atoms with Gasteiger partial charge in [0.15, 0.2) is 0 Å². The first kappa shape index (κ1) is 29.4. The van der Waals surface area contributed by atoms with Crippen molar-refractivity contribution in [2.75, 3.05) is 0 Å². The Hall–Kier alpha value is -6.52. The lowest BCUT2D eigenvalue weighted by molar-refractivity contribution is 0.888. The van der Waals surface area contributed by atoms with E-state index in [2.05, 4.69) is 165 Å². The van der Waals surface area contributed by atoms with Gasteiger partial charge in [-0.15, -0.1) is 0 Å². The van der Waals surface area contributed by atoms with Gasteiger partial charge in [-0.1, -0.05) is 103 Å². The molecule has 4 nitrogen and oxygen atoms in total. The summed E-state index contributed by atoms with van der Waals surface area (Å²) in [5, 5.41) is 3.62. The monoisotopic (exact) mass is 654 g/mol. The molecule has 0 aliphatic heterocycles. The number of aromatic nitrogens is 4. The molecule has 0 unspecified atom stereocenters. The molecular formula is C47H34N4. The fourth-order valence-corrected chi connectivity index (χ4v) is 7.93. The van der Waals surface area contributed by atoms with E-state index in [-0.39, 0.29) is 0 Å². The van der Waals surface area contributed by atoms with Gasteiger partial charge in [0.1, 0.15) is 0 Å². The number of benzene rings is 5. The smallest absolute Gasteiger partial charge is 0.0571 e. The highest BCUT2D eigenvalue weighted by molar-refractivity contribution is 6.08. The lowest BCUT2D eigenvalue weighted by atomic mass is 9.98. The van der Waals surface area contributed by atoms with Crippen molar-refractivity contribution in [2.45, 2.75) is 19.3 Å². The number of hydrogen-bond donors (Lipinski definition) is 0. The summed E-state index contributed by atoms with van der Waals surface area (Å²) in [5.41, 5.74) is 16.1. The maximum Gasteiger partial charge on any atom is 0.0571 e. The van der Waals surface area contributed by atoms with E-state index in [0.717, 1.165) is 24.9 Å². The van der Waals surface area contributed by atoms with Gasteiger partial charge < -0.3 is 9.13 Å². The summed E-state index contributed by atoms with van der Waals surface area (Å²) >= 11 is 0. The SMILES string of the molecule is C1=Cc2c(n(-c3ccc(-c4ccc(Cc5ccc(-c6ccc(-n7c8ccccc8c8cnccc87)cc6)cc5)cc4)cc3)c3ccncc23)CC1. The van der Waals surface area contributed by atoms with E-state index in [0.29, 0.717) is 0 Å². The highest BCUT2D eigenvalue weighted by Crippen LogP contribution is 2.35. The predicted octanol–water partition coefficient (Wildman–Crippen LogP) is 11.4. The number of nitrogens with zero attached hydrogens (tertiary/aromatic N) is 4. The van der Waals surface area contributed by atoms with Gasteiger partial charge in [0.25, 0.3) is 0 Å². The average molecular weight is 655 g/mol. The van der Waals surface area contributed by atoms with Crippen LogP contribution in [-0.4, -0.2) is 19.1 Å². The molecule has 51 heavy (non-hydrogen) atoms. The zero-order valence-electron chi connectivity index (χ0n) is 28.1. The molecule has 1 aliphatic carbocycles. The van der Waals surface area contributed by atoms with Crippen LogP contribution in [0.25, 0.3) is 72.4 Å². The van der Waals surface area contributed by atoms with Gasteiger partial charge >= 0.3 is 0 Å². The van der Waals surface area contributed by atoms with Gasteiger partial charge in [-0.05, 0) is 95.1 Å². The van der Waals surface area contributed by atoms with Crippen molar-refractivity contribution in [2.24, 2.45) is 0 Å². The Morgan fingerprint density at radius 2 is 0.980 bits per heavy atom. The zero-order valence-corrected chi connectivity index (χ0v) is 28.1. The number of fused-ring (bicyclic) bond motifs is 6. The van der Waals surface area contributed by atoms with Crippen molar-refractivity contribution in [3.8, 4) is 33.6 Å². The van der Waals surface area contributed by atoms with Gasteiger partial charge in [-0.2, -0.15) is 0 Å². The molecule has 0 N–H and O–H groups in total. The molecule has 0 saturated heterocycles. The summed E-state index contributed by atoms with van der Waals surface area (Å²) < 4.78 is 4.74. The van der Waals surface area contributed by atoms with E-state index in [1.54, 1.807) is 0 Å². The number of rotatable bonds is 6. The Bertz CT molecular complexity index is 2670. The van der Waals surface area contributed by atoms with E-state index in [1.807, 2.05) is 24.8 Å². The summed E-state index contributed by atoms with van der Waals surface area (Å²) in [7, 11) is 0. The van der Waals surface area contributed by atoms with E-state index in [4.69, 9.17) is 0 Å². The largest absolute Gasteiger partial charge is 0.313 e. The van der Waals surface area contributed by atoms with Crippen LogP contribution in [0.5, 0.6) is 0 Å². The molecule has 0 atom stereocenters. The van der Waals surface area contributed by atoms with Crippen molar-refractivity contribution in [3.63, 3.8) is 0 Å². The lowest BCUT2D eigenvalue weighted by Crippen LogP contribution is -2.02. The Morgan fingerprint density at radius 3 is 1.61 bits per heavy atom. The quantitative estimate of drug-likeness (QED) is 0.179. The fourth-order valence-electron chi connectivity index (χ4n) is 7.93. The molecule has 1 aliphatic rings. The van der Waals surface area contributed by atoms with E-state index < -0.39 is 0 Å². The molecule has 4 aromatic heterocycles. The molecule has 0 radical (unpaired) electrons. The van der Waals surface area contributed by atoms with Crippen molar-refractivity contribution in [3.05, 3.63) is 187 Å². The minimum absolute atomic E-state index is 0.899. The van der Waals surface area contributed by atoms with Gasteiger partial charge in [0.05, 0.1) is 16.6 Å². The number of hydrogen-bond acceptors (Lipinski definition) is 2. The second-order valence-corrected chi connectivity index (χ2v) is 13.4. The van der Waals surface area contributed by atoms with Crippen LogP contribution in [-0.2, 0) is 12.8 Å². The van der Waals surface area contributed by atoms with Crippen LogP contribution in [0, 0.1) is 0 Å². The summed E-state index contributed by atoms with van der Waals surface area (Å²) in [6, 6.07) is 48.6. The highest BCUT2D eigenvalue weighted by Gasteiger charge is 2.18. The van der Waals surface area contributed by atoms with Crippen LogP contribution >= 0.6 is 0 Å². The molecule has 4 heterocycles. The molecule has 0 spiro atoms. The van der Waals surface area contributed by atoms with Crippen LogP contribution in [0.3, 0.4) is 0 Å². The Balaban J connectivity index is 0.848. The first-order valence-electron chi connectivity index (χ1n) is 17.6. The summed E-state index contributed by atoms with van der Waals surface area (Å²) in [6.07, 6.45) is 15.3. The molecule has 10 rings (SSSR count). The summed E-state index contributed by atoms with van der Waals surface area (Å²) in [5.74, 6) is 0.